The minimum Gasteiger partial charge on any atom is -0.354 e. The lowest BCUT2D eigenvalue weighted by Crippen LogP contribution is -2.50. The summed E-state index contributed by atoms with van der Waals surface area (Å²) in [5.74, 6) is -0.568. The van der Waals surface area contributed by atoms with Crippen LogP contribution in [0.25, 0.3) is 0 Å². The number of ether oxygens (including phenoxy) is 2. The number of nitrogens with zero attached hydrogens (tertiary/aromatic N) is 2. The van der Waals surface area contributed by atoms with Crippen molar-refractivity contribution in [3.05, 3.63) is 29.8 Å². The summed E-state index contributed by atoms with van der Waals surface area (Å²) < 4.78 is 38.3. The van der Waals surface area contributed by atoms with Crippen LogP contribution in [0.2, 0.25) is 0 Å². The molecule has 4 rings (SSSR count). The number of piperidine rings is 1. The molecule has 2 amide bonds. The summed E-state index contributed by atoms with van der Waals surface area (Å²) in [6.07, 6.45) is 2.23. The van der Waals surface area contributed by atoms with E-state index in [9.17, 15) is 18.0 Å². The van der Waals surface area contributed by atoms with E-state index in [0.29, 0.717) is 25.3 Å². The van der Waals surface area contributed by atoms with Gasteiger partial charge in [-0.1, -0.05) is 6.07 Å². The van der Waals surface area contributed by atoms with Crippen LogP contribution in [0.15, 0.2) is 29.2 Å². The second-order valence-corrected chi connectivity index (χ2v) is 9.33. The van der Waals surface area contributed by atoms with E-state index in [1.165, 1.54) is 12.1 Å². The number of amides is 2. The highest BCUT2D eigenvalue weighted by atomic mass is 32.2. The van der Waals surface area contributed by atoms with E-state index < -0.39 is 16.3 Å². The highest BCUT2D eigenvalue weighted by molar-refractivity contribution is 7.89. The van der Waals surface area contributed by atoms with Gasteiger partial charge < -0.3 is 19.7 Å². The SMILES string of the molecule is O=C1CN(S(=O)(=O)c2cccc(C(=O)N3CCCCC3C3OCCO3)c2)CCN1. The van der Waals surface area contributed by atoms with Gasteiger partial charge in [-0.25, -0.2) is 8.42 Å². The Balaban J connectivity index is 1.57. The first-order valence-corrected chi connectivity index (χ1v) is 11.3. The third kappa shape index (κ3) is 4.16. The van der Waals surface area contributed by atoms with Crippen LogP contribution in [-0.4, -0.2) is 81.2 Å². The molecule has 3 aliphatic heterocycles. The Kier molecular flexibility index (Phi) is 5.86. The summed E-state index contributed by atoms with van der Waals surface area (Å²) in [7, 11) is -3.86. The first kappa shape index (κ1) is 20.3. The molecule has 3 saturated heterocycles. The van der Waals surface area contributed by atoms with E-state index in [4.69, 9.17) is 9.47 Å². The number of hydrogen-bond acceptors (Lipinski definition) is 6. The van der Waals surface area contributed by atoms with Crippen molar-refractivity contribution < 1.29 is 27.5 Å². The van der Waals surface area contributed by atoms with E-state index in [2.05, 4.69) is 5.32 Å². The number of carbonyl (C=O) groups excluding carboxylic acids is 2. The average Bonchev–Trinajstić information content (AvgIpc) is 3.28. The zero-order valence-electron chi connectivity index (χ0n) is 16.1. The van der Waals surface area contributed by atoms with Gasteiger partial charge in [0.05, 0.1) is 30.7 Å². The monoisotopic (exact) mass is 423 g/mol. The predicted octanol–water partition coefficient (Wildman–Crippen LogP) is 0.175. The van der Waals surface area contributed by atoms with Crippen molar-refractivity contribution in [3.63, 3.8) is 0 Å². The van der Waals surface area contributed by atoms with Crippen LogP contribution < -0.4 is 5.32 Å². The molecule has 3 fully saturated rings. The van der Waals surface area contributed by atoms with Crippen LogP contribution in [0.5, 0.6) is 0 Å². The molecular formula is C19H25N3O6S. The van der Waals surface area contributed by atoms with Crippen LogP contribution in [-0.2, 0) is 24.3 Å². The van der Waals surface area contributed by atoms with Crippen molar-refractivity contribution in [3.8, 4) is 0 Å². The van der Waals surface area contributed by atoms with Gasteiger partial charge in [0.1, 0.15) is 0 Å². The summed E-state index contributed by atoms with van der Waals surface area (Å²) in [5, 5.41) is 2.61. The molecular weight excluding hydrogens is 398 g/mol. The number of hydrogen-bond donors (Lipinski definition) is 1. The molecule has 158 valence electrons. The van der Waals surface area contributed by atoms with Crippen LogP contribution >= 0.6 is 0 Å². The number of sulfonamides is 1. The Bertz CT molecular complexity index is 884. The summed E-state index contributed by atoms with van der Waals surface area (Å²) in [6.45, 7) is 1.87. The van der Waals surface area contributed by atoms with Crippen LogP contribution in [0, 0.1) is 0 Å². The smallest absolute Gasteiger partial charge is 0.254 e. The number of benzene rings is 1. The van der Waals surface area contributed by atoms with Gasteiger partial charge in [0, 0.05) is 25.2 Å². The Hall–Kier alpha value is -2.01. The van der Waals surface area contributed by atoms with Crippen LogP contribution in [0.3, 0.4) is 0 Å². The molecule has 0 aromatic heterocycles. The maximum atomic E-state index is 13.2. The van der Waals surface area contributed by atoms with Gasteiger partial charge in [-0.05, 0) is 37.5 Å². The predicted molar refractivity (Wildman–Crippen MR) is 103 cm³/mol. The average molecular weight is 423 g/mol. The maximum absolute atomic E-state index is 13.2. The van der Waals surface area contributed by atoms with Crippen molar-refractivity contribution in [1.82, 2.24) is 14.5 Å². The highest BCUT2D eigenvalue weighted by Crippen LogP contribution is 2.27. The maximum Gasteiger partial charge on any atom is 0.254 e. The lowest BCUT2D eigenvalue weighted by Gasteiger charge is -2.38. The highest BCUT2D eigenvalue weighted by Gasteiger charge is 2.37. The molecule has 1 aromatic rings. The quantitative estimate of drug-likeness (QED) is 0.741. The molecule has 10 heteroatoms. The first-order chi connectivity index (χ1) is 14.0. The molecule has 0 saturated carbocycles. The molecule has 1 atom stereocenters. The number of piperazine rings is 1. The van der Waals surface area contributed by atoms with Gasteiger partial charge in [0.2, 0.25) is 15.9 Å². The third-order valence-corrected chi connectivity index (χ3v) is 7.34. The number of nitrogens with one attached hydrogen (secondary N) is 1. The molecule has 1 N–H and O–H groups in total. The normalized spacial score (nSPS) is 24.5. The third-order valence-electron chi connectivity index (χ3n) is 5.49. The van der Waals surface area contributed by atoms with Gasteiger partial charge in [-0.2, -0.15) is 4.31 Å². The van der Waals surface area contributed by atoms with Gasteiger partial charge in [0.25, 0.3) is 5.91 Å². The number of likely N-dealkylation sites (tertiary alicyclic amines) is 1. The standard InChI is InChI=1S/C19H25N3O6S/c23-17-13-21(9-7-20-17)29(25,26)15-5-3-4-14(12-15)18(24)22-8-2-1-6-16(22)19-27-10-11-28-19/h3-5,12,16,19H,1-2,6-11,13H2,(H,20,23). The molecule has 9 nitrogen and oxygen atoms in total. The van der Waals surface area contributed by atoms with Crippen molar-refractivity contribution in [1.29, 1.82) is 0 Å². The second-order valence-electron chi connectivity index (χ2n) is 7.39. The summed E-state index contributed by atoms with van der Waals surface area (Å²) >= 11 is 0. The van der Waals surface area contributed by atoms with Crippen LogP contribution in [0.1, 0.15) is 29.6 Å². The van der Waals surface area contributed by atoms with Gasteiger partial charge in [-0.3, -0.25) is 9.59 Å². The Morgan fingerprint density at radius 1 is 1.14 bits per heavy atom. The van der Waals surface area contributed by atoms with Crippen molar-refractivity contribution >= 4 is 21.8 Å². The van der Waals surface area contributed by atoms with Gasteiger partial charge in [0.15, 0.2) is 6.29 Å². The Morgan fingerprint density at radius 3 is 2.69 bits per heavy atom. The molecule has 3 aliphatic rings. The van der Waals surface area contributed by atoms with Crippen molar-refractivity contribution in [2.24, 2.45) is 0 Å². The molecule has 29 heavy (non-hydrogen) atoms. The summed E-state index contributed by atoms with van der Waals surface area (Å²) in [4.78, 5) is 26.6. The fourth-order valence-electron chi connectivity index (χ4n) is 4.02. The largest absolute Gasteiger partial charge is 0.354 e. The topological polar surface area (TPSA) is 105 Å². The minimum absolute atomic E-state index is 0.0139. The van der Waals surface area contributed by atoms with E-state index in [-0.39, 0.29) is 42.4 Å². The molecule has 1 unspecified atom stereocenters. The molecule has 3 heterocycles. The fraction of sp³-hybridized carbons (Fsp3) is 0.579. The Morgan fingerprint density at radius 2 is 1.93 bits per heavy atom. The van der Waals surface area contributed by atoms with Crippen molar-refractivity contribution in [2.75, 3.05) is 39.4 Å². The fourth-order valence-corrected chi connectivity index (χ4v) is 5.46. The number of rotatable bonds is 4. The van der Waals surface area contributed by atoms with Crippen LogP contribution in [0.4, 0.5) is 0 Å². The molecule has 1 aromatic carbocycles. The zero-order chi connectivity index (χ0) is 20.4. The van der Waals surface area contributed by atoms with E-state index in [1.807, 2.05) is 0 Å². The van der Waals surface area contributed by atoms with Gasteiger partial charge in [-0.15, -0.1) is 0 Å². The molecule has 0 aliphatic carbocycles. The Labute approximate surface area is 170 Å². The lowest BCUT2D eigenvalue weighted by atomic mass is 10.00. The van der Waals surface area contributed by atoms with Gasteiger partial charge >= 0.3 is 0 Å². The summed E-state index contributed by atoms with van der Waals surface area (Å²) in [5.41, 5.74) is 0.303. The molecule has 0 bridgehead atoms. The van der Waals surface area contributed by atoms with E-state index in [0.717, 1.165) is 23.6 Å². The molecule has 0 radical (unpaired) electrons. The minimum atomic E-state index is -3.86. The van der Waals surface area contributed by atoms with Crippen molar-refractivity contribution in [2.45, 2.75) is 36.5 Å². The molecule has 0 spiro atoms. The van der Waals surface area contributed by atoms with E-state index in [1.54, 1.807) is 17.0 Å². The first-order valence-electron chi connectivity index (χ1n) is 9.88. The zero-order valence-corrected chi connectivity index (χ0v) is 16.9. The lowest BCUT2D eigenvalue weighted by molar-refractivity contribution is -0.122. The summed E-state index contributed by atoms with van der Waals surface area (Å²) in [6, 6.07) is 5.85. The number of carbonyl (C=O) groups is 2. The second kappa shape index (κ2) is 8.39. The van der Waals surface area contributed by atoms with E-state index >= 15 is 0 Å².